The lowest BCUT2D eigenvalue weighted by molar-refractivity contribution is -0.560. The van der Waals surface area contributed by atoms with Crippen LogP contribution in [0, 0.1) is 10.1 Å². The molecule has 0 radical (unpaired) electrons. The minimum Gasteiger partial charge on any atom is -0.310 e. The van der Waals surface area contributed by atoms with E-state index in [1.165, 1.54) is 0 Å². The fourth-order valence-corrected chi connectivity index (χ4v) is 3.00. The third kappa shape index (κ3) is 5.18. The Morgan fingerprint density at radius 2 is 1.33 bits per heavy atom. The molecule has 7 nitrogen and oxygen atoms in total. The normalized spacial score (nSPS) is 36.6. The van der Waals surface area contributed by atoms with Crippen molar-refractivity contribution in [3.63, 3.8) is 0 Å². The Hall–Kier alpha value is -0.760. The molecule has 0 saturated carbocycles. The van der Waals surface area contributed by atoms with E-state index in [4.69, 9.17) is 0 Å². The van der Waals surface area contributed by atoms with Gasteiger partial charge in [-0.25, -0.2) is 0 Å². The largest absolute Gasteiger partial charge is 0.310 e. The van der Waals surface area contributed by atoms with E-state index in [-0.39, 0.29) is 4.92 Å². The van der Waals surface area contributed by atoms with E-state index < -0.39 is 5.54 Å². The van der Waals surface area contributed by atoms with Crippen LogP contribution in [0.15, 0.2) is 0 Å². The molecule has 0 aromatic carbocycles. The second-order valence-electron chi connectivity index (χ2n) is 6.50. The molecule has 3 aliphatic rings. The maximum atomic E-state index is 11.3. The van der Waals surface area contributed by atoms with E-state index in [9.17, 15) is 10.1 Å². The molecule has 2 bridgehead atoms. The van der Waals surface area contributed by atoms with E-state index in [0.717, 1.165) is 65.2 Å². The summed E-state index contributed by atoms with van der Waals surface area (Å²) < 4.78 is 0. The van der Waals surface area contributed by atoms with E-state index >= 15 is 0 Å². The van der Waals surface area contributed by atoms with Crippen LogP contribution in [0.4, 0.5) is 0 Å². The van der Waals surface area contributed by atoms with Crippen molar-refractivity contribution in [2.45, 2.75) is 25.3 Å². The summed E-state index contributed by atoms with van der Waals surface area (Å²) in [5, 5.41) is 17.8. The molecule has 0 spiro atoms. The fourth-order valence-electron chi connectivity index (χ4n) is 3.00. The Bertz CT molecular complexity index is 309. The standard InChI is InChI=1S/C14H29N5O2/c1-14(19(20)21)12-15-4-2-6-17-8-10-18(11-9-17)7-3-5-16-13-14/h15-16H,2-13H2,1H3. The zero-order valence-corrected chi connectivity index (χ0v) is 13.1. The van der Waals surface area contributed by atoms with Gasteiger partial charge in [-0.15, -0.1) is 0 Å². The van der Waals surface area contributed by atoms with Crippen LogP contribution in [0.25, 0.3) is 0 Å². The number of nitro groups is 1. The Kier molecular flexibility index (Phi) is 6.35. The maximum absolute atomic E-state index is 11.3. The van der Waals surface area contributed by atoms with Gasteiger partial charge in [-0.3, -0.25) is 10.1 Å². The summed E-state index contributed by atoms with van der Waals surface area (Å²) in [6.45, 7) is 11.1. The summed E-state index contributed by atoms with van der Waals surface area (Å²) in [5.41, 5.74) is -0.917. The van der Waals surface area contributed by atoms with Gasteiger partial charge in [0.2, 0.25) is 5.54 Å². The van der Waals surface area contributed by atoms with Crippen LogP contribution in [0.2, 0.25) is 0 Å². The van der Waals surface area contributed by atoms with Gasteiger partial charge in [-0.1, -0.05) is 0 Å². The minimum absolute atomic E-state index is 0.151. The molecule has 21 heavy (non-hydrogen) atoms. The van der Waals surface area contributed by atoms with Crippen molar-refractivity contribution in [3.05, 3.63) is 10.1 Å². The Morgan fingerprint density at radius 1 is 0.905 bits per heavy atom. The monoisotopic (exact) mass is 299 g/mol. The molecule has 2 N–H and O–H groups in total. The lowest BCUT2D eigenvalue weighted by atomic mass is 10.0. The molecule has 3 fully saturated rings. The number of rotatable bonds is 1. The molecule has 0 aliphatic carbocycles. The van der Waals surface area contributed by atoms with Crippen LogP contribution < -0.4 is 10.6 Å². The van der Waals surface area contributed by atoms with Crippen LogP contribution >= 0.6 is 0 Å². The number of hydrogen-bond donors (Lipinski definition) is 2. The van der Waals surface area contributed by atoms with Crippen LogP contribution in [0.5, 0.6) is 0 Å². The molecular formula is C14H29N5O2. The minimum atomic E-state index is -0.917. The highest BCUT2D eigenvalue weighted by Crippen LogP contribution is 2.08. The first-order chi connectivity index (χ1) is 10.1. The molecule has 0 aromatic heterocycles. The van der Waals surface area contributed by atoms with Crippen molar-refractivity contribution in [3.8, 4) is 0 Å². The van der Waals surface area contributed by atoms with Crippen molar-refractivity contribution < 1.29 is 4.92 Å². The topological polar surface area (TPSA) is 73.7 Å². The van der Waals surface area contributed by atoms with E-state index in [0.29, 0.717) is 13.1 Å². The molecule has 0 unspecified atom stereocenters. The highest BCUT2D eigenvalue weighted by atomic mass is 16.6. The van der Waals surface area contributed by atoms with Crippen molar-refractivity contribution in [1.29, 1.82) is 0 Å². The van der Waals surface area contributed by atoms with Crippen LogP contribution in [-0.4, -0.2) is 85.7 Å². The average Bonchev–Trinajstić information content (AvgIpc) is 2.48. The van der Waals surface area contributed by atoms with E-state index in [1.807, 2.05) is 0 Å². The molecule has 3 aliphatic heterocycles. The second-order valence-corrected chi connectivity index (χ2v) is 6.50. The predicted octanol–water partition coefficient (Wildman–Crippen LogP) is -0.388. The number of nitrogens with zero attached hydrogens (tertiary/aromatic N) is 3. The van der Waals surface area contributed by atoms with Gasteiger partial charge in [-0.2, -0.15) is 0 Å². The third-order valence-electron chi connectivity index (χ3n) is 4.57. The van der Waals surface area contributed by atoms with Gasteiger partial charge in [-0.05, 0) is 39.0 Å². The smallest absolute Gasteiger partial charge is 0.243 e. The quantitative estimate of drug-likeness (QED) is 0.508. The molecule has 0 aromatic rings. The average molecular weight is 299 g/mol. The SMILES string of the molecule is CC1([N+](=O)[O-])CNCCCN2CCN(CCCNC1)CC2. The summed E-state index contributed by atoms with van der Waals surface area (Å²) in [5.74, 6) is 0. The fraction of sp³-hybridized carbons (Fsp3) is 1.00. The van der Waals surface area contributed by atoms with Gasteiger partial charge >= 0.3 is 0 Å². The Morgan fingerprint density at radius 3 is 1.71 bits per heavy atom. The first kappa shape index (κ1) is 16.6. The predicted molar refractivity (Wildman–Crippen MR) is 83.3 cm³/mol. The van der Waals surface area contributed by atoms with Crippen LogP contribution in [-0.2, 0) is 0 Å². The Balaban J connectivity index is 1.87. The molecule has 3 saturated heterocycles. The summed E-state index contributed by atoms with van der Waals surface area (Å²) in [4.78, 5) is 16.1. The summed E-state index contributed by atoms with van der Waals surface area (Å²) in [6, 6.07) is 0. The zero-order valence-electron chi connectivity index (χ0n) is 13.1. The maximum Gasteiger partial charge on any atom is 0.243 e. The molecule has 3 rings (SSSR count). The highest BCUT2D eigenvalue weighted by molar-refractivity contribution is 4.80. The van der Waals surface area contributed by atoms with Crippen molar-refractivity contribution in [2.75, 3.05) is 65.4 Å². The van der Waals surface area contributed by atoms with E-state index in [2.05, 4.69) is 20.4 Å². The highest BCUT2D eigenvalue weighted by Gasteiger charge is 2.36. The molecule has 122 valence electrons. The van der Waals surface area contributed by atoms with Gasteiger partial charge < -0.3 is 20.4 Å². The van der Waals surface area contributed by atoms with Crippen LogP contribution in [0.3, 0.4) is 0 Å². The summed E-state index contributed by atoms with van der Waals surface area (Å²) in [6.07, 6.45) is 2.11. The lowest BCUT2D eigenvalue weighted by Gasteiger charge is -2.34. The van der Waals surface area contributed by atoms with Crippen molar-refractivity contribution >= 4 is 0 Å². The third-order valence-corrected chi connectivity index (χ3v) is 4.57. The van der Waals surface area contributed by atoms with Gasteiger partial charge in [0, 0.05) is 38.0 Å². The van der Waals surface area contributed by atoms with Gasteiger partial charge in [0.1, 0.15) is 0 Å². The Labute approximate surface area is 127 Å². The number of nitrogens with one attached hydrogen (secondary N) is 2. The van der Waals surface area contributed by atoms with Gasteiger partial charge in [0.15, 0.2) is 0 Å². The first-order valence-electron chi connectivity index (χ1n) is 8.11. The molecule has 0 amide bonds. The lowest BCUT2D eigenvalue weighted by Crippen LogP contribution is -2.52. The molecule has 3 heterocycles. The number of hydrogen-bond acceptors (Lipinski definition) is 6. The number of fused-ring (bicyclic) bond motifs is 12. The molecule has 7 heteroatoms. The van der Waals surface area contributed by atoms with Crippen molar-refractivity contribution in [2.24, 2.45) is 0 Å². The second kappa shape index (κ2) is 8.03. The van der Waals surface area contributed by atoms with Crippen molar-refractivity contribution in [1.82, 2.24) is 20.4 Å². The summed E-state index contributed by atoms with van der Waals surface area (Å²) in [7, 11) is 0. The van der Waals surface area contributed by atoms with Gasteiger partial charge in [0.05, 0.1) is 13.1 Å². The first-order valence-corrected chi connectivity index (χ1v) is 8.11. The molecule has 0 atom stereocenters. The number of piperazine rings is 1. The van der Waals surface area contributed by atoms with Crippen LogP contribution in [0.1, 0.15) is 19.8 Å². The zero-order chi connectivity index (χ0) is 15.1. The summed E-state index contributed by atoms with van der Waals surface area (Å²) >= 11 is 0. The van der Waals surface area contributed by atoms with E-state index in [1.54, 1.807) is 6.92 Å². The molecular weight excluding hydrogens is 270 g/mol. The van der Waals surface area contributed by atoms with Gasteiger partial charge in [0.25, 0.3) is 0 Å².